The summed E-state index contributed by atoms with van der Waals surface area (Å²) in [5, 5.41) is 3.05. The average molecular weight is 462 g/mol. The van der Waals surface area contributed by atoms with Crippen LogP contribution in [-0.2, 0) is 21.5 Å². The summed E-state index contributed by atoms with van der Waals surface area (Å²) < 4.78 is 6.26. The summed E-state index contributed by atoms with van der Waals surface area (Å²) in [6.45, 7) is 9.86. The first-order chi connectivity index (χ1) is 16.4. The second kappa shape index (κ2) is 9.51. The summed E-state index contributed by atoms with van der Waals surface area (Å²) in [6.07, 6.45) is 1.29. The first-order valence-corrected chi connectivity index (χ1v) is 12.5. The second-order valence-electron chi connectivity index (χ2n) is 10.3. The minimum atomic E-state index is -0.582. The summed E-state index contributed by atoms with van der Waals surface area (Å²) in [5.41, 5.74) is 3.44. The van der Waals surface area contributed by atoms with Crippen LogP contribution in [0.25, 0.3) is 0 Å². The lowest BCUT2D eigenvalue weighted by molar-refractivity contribution is -0.133. The van der Waals surface area contributed by atoms with Gasteiger partial charge in [-0.15, -0.1) is 0 Å². The number of fused-ring (bicyclic) bond motifs is 3. The average Bonchev–Trinajstić information content (AvgIpc) is 3.13. The normalized spacial score (nSPS) is 27.1. The van der Waals surface area contributed by atoms with Crippen LogP contribution in [0.4, 0.5) is 0 Å². The Bertz CT molecular complexity index is 1050. The van der Waals surface area contributed by atoms with E-state index >= 15 is 0 Å². The highest BCUT2D eigenvalue weighted by Crippen LogP contribution is 2.49. The smallest absolute Gasteiger partial charge is 0.221 e. The van der Waals surface area contributed by atoms with Gasteiger partial charge in [0.2, 0.25) is 5.91 Å². The Kier molecular flexibility index (Phi) is 6.45. The Morgan fingerprint density at radius 1 is 1.09 bits per heavy atom. The standard InChI is InChI=1S/C28H35N3O3/c1-20-8-9-24-22(18-20)28(2)12-10-23(32)26(27(28)34-24)29-25(33)11-13-30-14-16-31(17-15-30)19-21-6-4-3-5-7-21/h3-9,18,26-27H,10-17,19H2,1-2H3,(H,29,33)/t26-,27-,28-/m1/s1. The number of carbonyl (C=O) groups is 2. The van der Waals surface area contributed by atoms with Crippen LogP contribution in [0.1, 0.15) is 42.9 Å². The van der Waals surface area contributed by atoms with Gasteiger partial charge < -0.3 is 15.0 Å². The molecule has 2 aromatic carbocycles. The van der Waals surface area contributed by atoms with Gasteiger partial charge in [-0.1, -0.05) is 55.0 Å². The van der Waals surface area contributed by atoms with Crippen molar-refractivity contribution in [2.75, 3.05) is 32.7 Å². The maximum absolute atomic E-state index is 12.9. The zero-order valence-corrected chi connectivity index (χ0v) is 20.3. The van der Waals surface area contributed by atoms with Gasteiger partial charge in [-0.05, 0) is 25.0 Å². The topological polar surface area (TPSA) is 61.9 Å². The fourth-order valence-electron chi connectivity index (χ4n) is 5.71. The molecule has 2 fully saturated rings. The quantitative estimate of drug-likeness (QED) is 0.717. The molecular formula is C28H35N3O3. The predicted molar refractivity (Wildman–Crippen MR) is 132 cm³/mol. The van der Waals surface area contributed by atoms with Gasteiger partial charge in [0, 0.05) is 63.1 Å². The minimum Gasteiger partial charge on any atom is -0.487 e. The molecule has 3 aliphatic rings. The molecule has 2 aromatic rings. The Balaban J connectivity index is 1.13. The van der Waals surface area contributed by atoms with Crippen molar-refractivity contribution in [2.45, 2.75) is 57.2 Å². The number of hydrogen-bond donors (Lipinski definition) is 1. The van der Waals surface area contributed by atoms with Gasteiger partial charge in [-0.25, -0.2) is 0 Å². The van der Waals surface area contributed by atoms with Crippen molar-refractivity contribution in [3.8, 4) is 5.75 Å². The lowest BCUT2D eigenvalue weighted by Gasteiger charge is -2.39. The van der Waals surface area contributed by atoms with E-state index in [9.17, 15) is 9.59 Å². The number of nitrogens with one attached hydrogen (secondary N) is 1. The van der Waals surface area contributed by atoms with Crippen LogP contribution in [0.2, 0.25) is 0 Å². The second-order valence-corrected chi connectivity index (χ2v) is 10.3. The largest absolute Gasteiger partial charge is 0.487 e. The number of Topliss-reactive ketones (excluding diaryl/α,β-unsaturated/α-hetero) is 1. The Labute approximate surface area is 202 Å². The molecule has 0 radical (unpaired) electrons. The van der Waals surface area contributed by atoms with Gasteiger partial charge in [0.15, 0.2) is 5.78 Å². The lowest BCUT2D eigenvalue weighted by Crippen LogP contribution is -2.59. The van der Waals surface area contributed by atoms with E-state index in [1.54, 1.807) is 0 Å². The molecule has 1 N–H and O–H groups in total. The number of ketones is 1. The zero-order chi connectivity index (χ0) is 23.7. The highest BCUT2D eigenvalue weighted by atomic mass is 16.5. The van der Waals surface area contributed by atoms with Crippen LogP contribution in [0.3, 0.4) is 0 Å². The van der Waals surface area contributed by atoms with Gasteiger partial charge in [0.05, 0.1) is 0 Å². The maximum Gasteiger partial charge on any atom is 0.221 e. The monoisotopic (exact) mass is 461 g/mol. The highest BCUT2D eigenvalue weighted by Gasteiger charge is 2.54. The van der Waals surface area contributed by atoms with Crippen LogP contribution in [-0.4, -0.2) is 66.4 Å². The van der Waals surface area contributed by atoms with Crippen LogP contribution >= 0.6 is 0 Å². The predicted octanol–water partition coefficient (Wildman–Crippen LogP) is 3.07. The molecule has 1 saturated carbocycles. The molecule has 1 saturated heterocycles. The number of amides is 1. The van der Waals surface area contributed by atoms with Gasteiger partial charge in [-0.3, -0.25) is 14.5 Å². The summed E-state index contributed by atoms with van der Waals surface area (Å²) in [6, 6.07) is 16.2. The SMILES string of the molecule is Cc1ccc2c(c1)[C@@]1(C)CCC(=O)[C@@H](NC(=O)CCN3CCN(Cc4ccccc4)CC3)[C@H]1O2. The molecule has 2 aliphatic heterocycles. The molecule has 3 atom stereocenters. The molecule has 0 bridgehead atoms. The summed E-state index contributed by atoms with van der Waals surface area (Å²) in [5.74, 6) is 0.861. The summed E-state index contributed by atoms with van der Waals surface area (Å²) >= 11 is 0. The van der Waals surface area contributed by atoms with Crippen LogP contribution in [0.5, 0.6) is 5.75 Å². The third-order valence-corrected chi connectivity index (χ3v) is 7.86. The number of piperazine rings is 1. The molecule has 0 spiro atoms. The van der Waals surface area contributed by atoms with Crippen molar-refractivity contribution in [1.82, 2.24) is 15.1 Å². The van der Waals surface area contributed by atoms with Gasteiger partial charge in [-0.2, -0.15) is 0 Å². The number of benzene rings is 2. The molecule has 2 heterocycles. The van der Waals surface area contributed by atoms with Gasteiger partial charge in [0.1, 0.15) is 17.9 Å². The van der Waals surface area contributed by atoms with Gasteiger partial charge >= 0.3 is 0 Å². The van der Waals surface area contributed by atoms with Crippen LogP contribution in [0, 0.1) is 6.92 Å². The molecule has 1 aliphatic carbocycles. The van der Waals surface area contributed by atoms with Crippen molar-refractivity contribution in [2.24, 2.45) is 0 Å². The van der Waals surface area contributed by atoms with Crippen LogP contribution in [0.15, 0.2) is 48.5 Å². The van der Waals surface area contributed by atoms with E-state index < -0.39 is 6.04 Å². The summed E-state index contributed by atoms with van der Waals surface area (Å²) in [7, 11) is 0. The minimum absolute atomic E-state index is 0.0648. The molecule has 0 aromatic heterocycles. The fourth-order valence-corrected chi connectivity index (χ4v) is 5.71. The molecule has 6 nitrogen and oxygen atoms in total. The van der Waals surface area contributed by atoms with Crippen molar-refractivity contribution >= 4 is 11.7 Å². The number of rotatable bonds is 6. The highest BCUT2D eigenvalue weighted by molar-refractivity contribution is 5.91. The Hall–Kier alpha value is -2.70. The zero-order valence-electron chi connectivity index (χ0n) is 20.3. The number of nitrogens with zero attached hydrogens (tertiary/aromatic N) is 2. The third kappa shape index (κ3) is 4.62. The van der Waals surface area contributed by atoms with E-state index in [0.717, 1.165) is 50.5 Å². The first-order valence-electron chi connectivity index (χ1n) is 12.5. The van der Waals surface area contributed by atoms with E-state index in [4.69, 9.17) is 4.74 Å². The fraction of sp³-hybridized carbons (Fsp3) is 0.500. The number of ether oxygens (including phenoxy) is 1. The van der Waals surface area contributed by atoms with Gasteiger partial charge in [0.25, 0.3) is 0 Å². The van der Waals surface area contributed by atoms with Crippen molar-refractivity contribution in [3.63, 3.8) is 0 Å². The van der Waals surface area contributed by atoms with Crippen molar-refractivity contribution < 1.29 is 14.3 Å². The summed E-state index contributed by atoms with van der Waals surface area (Å²) in [4.78, 5) is 30.5. The van der Waals surface area contributed by atoms with E-state index in [2.05, 4.69) is 59.3 Å². The molecule has 34 heavy (non-hydrogen) atoms. The lowest BCUT2D eigenvalue weighted by atomic mass is 9.67. The molecular weight excluding hydrogens is 426 g/mol. The van der Waals surface area contributed by atoms with E-state index in [0.29, 0.717) is 19.4 Å². The molecule has 5 rings (SSSR count). The molecule has 180 valence electrons. The Morgan fingerprint density at radius 2 is 1.82 bits per heavy atom. The number of carbonyl (C=O) groups excluding carboxylic acids is 2. The van der Waals surface area contributed by atoms with E-state index in [1.165, 1.54) is 11.1 Å². The number of hydrogen-bond acceptors (Lipinski definition) is 5. The van der Waals surface area contributed by atoms with Crippen molar-refractivity contribution in [3.05, 3.63) is 65.2 Å². The van der Waals surface area contributed by atoms with E-state index in [-0.39, 0.29) is 23.2 Å². The van der Waals surface area contributed by atoms with Crippen LogP contribution < -0.4 is 10.1 Å². The van der Waals surface area contributed by atoms with E-state index in [1.807, 2.05) is 18.2 Å². The molecule has 1 amide bonds. The first kappa shape index (κ1) is 23.1. The molecule has 6 heteroatoms. The Morgan fingerprint density at radius 3 is 2.59 bits per heavy atom. The molecule has 0 unspecified atom stereocenters. The maximum atomic E-state index is 12.9. The number of aryl methyl sites for hydroxylation is 1. The van der Waals surface area contributed by atoms with Crippen molar-refractivity contribution in [1.29, 1.82) is 0 Å². The third-order valence-electron chi connectivity index (χ3n) is 7.86.